The van der Waals surface area contributed by atoms with Crippen LogP contribution >= 0.6 is 0 Å². The van der Waals surface area contributed by atoms with Gasteiger partial charge in [-0.3, -0.25) is 4.90 Å². The molecule has 96 valence electrons. The lowest BCUT2D eigenvalue weighted by Gasteiger charge is -2.36. The van der Waals surface area contributed by atoms with Crippen LogP contribution in [0.4, 0.5) is 0 Å². The molecule has 1 aliphatic rings. The third-order valence-corrected chi connectivity index (χ3v) is 3.65. The summed E-state index contributed by atoms with van der Waals surface area (Å²) in [7, 11) is 0. The summed E-state index contributed by atoms with van der Waals surface area (Å²) in [4.78, 5) is 2.58. The molecule has 0 amide bonds. The largest absolute Gasteiger partial charge is 0.469 e. The number of nitrogens with one attached hydrogen (secondary N) is 1. The molecular weight excluding hydrogens is 212 g/mol. The average molecular weight is 236 g/mol. The molecule has 1 N–H and O–H groups in total. The second kappa shape index (κ2) is 6.22. The molecular formula is C14H24N2O. The van der Waals surface area contributed by atoms with Crippen LogP contribution in [-0.2, 0) is 6.42 Å². The molecule has 1 aliphatic heterocycles. The lowest BCUT2D eigenvalue weighted by molar-refractivity contribution is 0.142. The minimum absolute atomic E-state index is 0.572. The van der Waals surface area contributed by atoms with E-state index in [0.717, 1.165) is 18.7 Å². The van der Waals surface area contributed by atoms with E-state index in [9.17, 15) is 0 Å². The van der Waals surface area contributed by atoms with Gasteiger partial charge in [-0.15, -0.1) is 0 Å². The Hall–Kier alpha value is -0.800. The van der Waals surface area contributed by atoms with Crippen LogP contribution in [-0.4, -0.2) is 36.6 Å². The van der Waals surface area contributed by atoms with Crippen LogP contribution in [0.25, 0.3) is 0 Å². The number of furan rings is 1. The number of piperidine rings is 1. The first-order chi connectivity index (χ1) is 8.29. The fourth-order valence-electron chi connectivity index (χ4n) is 2.71. The Balaban J connectivity index is 1.84. The van der Waals surface area contributed by atoms with Gasteiger partial charge in [0, 0.05) is 25.0 Å². The van der Waals surface area contributed by atoms with E-state index in [2.05, 4.69) is 30.1 Å². The summed E-state index contributed by atoms with van der Waals surface area (Å²) >= 11 is 0. The van der Waals surface area contributed by atoms with Crippen LogP contribution in [0.1, 0.15) is 32.4 Å². The summed E-state index contributed by atoms with van der Waals surface area (Å²) in [6, 6.07) is 5.29. The summed E-state index contributed by atoms with van der Waals surface area (Å²) in [6.07, 6.45) is 5.41. The van der Waals surface area contributed by atoms with Crippen molar-refractivity contribution in [2.45, 2.75) is 45.2 Å². The molecule has 1 aromatic rings. The molecule has 0 aromatic carbocycles. The average Bonchev–Trinajstić information content (AvgIpc) is 2.83. The molecule has 1 aromatic heterocycles. The number of hydrogen-bond donors (Lipinski definition) is 1. The highest BCUT2D eigenvalue weighted by molar-refractivity contribution is 5.00. The zero-order valence-electron chi connectivity index (χ0n) is 11.0. The Bertz CT molecular complexity index is 308. The lowest BCUT2D eigenvalue weighted by Crippen LogP contribution is -2.49. The van der Waals surface area contributed by atoms with E-state index in [-0.39, 0.29) is 0 Å². The summed E-state index contributed by atoms with van der Waals surface area (Å²) < 4.78 is 5.43. The normalized spacial score (nSPS) is 23.8. The molecule has 2 unspecified atom stereocenters. The van der Waals surface area contributed by atoms with Crippen molar-refractivity contribution in [3.63, 3.8) is 0 Å². The van der Waals surface area contributed by atoms with Crippen molar-refractivity contribution in [1.82, 2.24) is 10.2 Å². The minimum Gasteiger partial charge on any atom is -0.469 e. The molecule has 2 atom stereocenters. The van der Waals surface area contributed by atoms with Crippen LogP contribution in [0.15, 0.2) is 22.8 Å². The van der Waals surface area contributed by atoms with Crippen molar-refractivity contribution in [3.8, 4) is 0 Å². The number of nitrogens with zero attached hydrogens (tertiary/aromatic N) is 1. The molecule has 0 saturated carbocycles. The standard InChI is InChI=1S/C14H24N2O/c1-3-15-13-6-4-8-16(11-13)12(2)10-14-7-5-9-17-14/h5,7,9,12-13,15H,3-4,6,8,10-11H2,1-2H3. The highest BCUT2D eigenvalue weighted by atomic mass is 16.3. The van der Waals surface area contributed by atoms with E-state index < -0.39 is 0 Å². The molecule has 1 fully saturated rings. The van der Waals surface area contributed by atoms with Gasteiger partial charge in [-0.2, -0.15) is 0 Å². The van der Waals surface area contributed by atoms with Gasteiger partial charge in [-0.1, -0.05) is 6.92 Å². The van der Waals surface area contributed by atoms with Gasteiger partial charge in [0.25, 0.3) is 0 Å². The van der Waals surface area contributed by atoms with Gasteiger partial charge in [0.2, 0.25) is 0 Å². The maximum atomic E-state index is 5.43. The molecule has 0 aliphatic carbocycles. The Morgan fingerprint density at radius 2 is 2.47 bits per heavy atom. The van der Waals surface area contributed by atoms with Crippen LogP contribution in [0.5, 0.6) is 0 Å². The van der Waals surface area contributed by atoms with Crippen molar-refractivity contribution >= 4 is 0 Å². The fourth-order valence-corrected chi connectivity index (χ4v) is 2.71. The summed E-state index contributed by atoms with van der Waals surface area (Å²) in [5.74, 6) is 1.10. The van der Waals surface area contributed by atoms with E-state index in [4.69, 9.17) is 4.42 Å². The number of rotatable bonds is 5. The highest BCUT2D eigenvalue weighted by Gasteiger charge is 2.23. The van der Waals surface area contributed by atoms with Gasteiger partial charge in [-0.25, -0.2) is 0 Å². The van der Waals surface area contributed by atoms with Crippen molar-refractivity contribution in [2.75, 3.05) is 19.6 Å². The van der Waals surface area contributed by atoms with E-state index in [1.54, 1.807) is 6.26 Å². The SMILES string of the molecule is CCNC1CCCN(C(C)Cc2ccco2)C1. The molecule has 1 saturated heterocycles. The first-order valence-electron chi connectivity index (χ1n) is 6.79. The second-order valence-electron chi connectivity index (χ2n) is 5.02. The van der Waals surface area contributed by atoms with Crippen LogP contribution in [0.3, 0.4) is 0 Å². The first-order valence-corrected chi connectivity index (χ1v) is 6.79. The minimum atomic E-state index is 0.572. The zero-order valence-corrected chi connectivity index (χ0v) is 11.0. The van der Waals surface area contributed by atoms with Gasteiger partial charge in [-0.05, 0) is 45.0 Å². The van der Waals surface area contributed by atoms with Gasteiger partial charge >= 0.3 is 0 Å². The molecule has 0 spiro atoms. The fraction of sp³-hybridized carbons (Fsp3) is 0.714. The van der Waals surface area contributed by atoms with E-state index in [1.165, 1.54) is 25.9 Å². The quantitative estimate of drug-likeness (QED) is 0.850. The molecule has 2 heterocycles. The van der Waals surface area contributed by atoms with Gasteiger partial charge in [0.05, 0.1) is 6.26 Å². The zero-order chi connectivity index (χ0) is 12.1. The van der Waals surface area contributed by atoms with Gasteiger partial charge in [0.15, 0.2) is 0 Å². The summed E-state index contributed by atoms with van der Waals surface area (Å²) in [6.45, 7) is 7.96. The van der Waals surface area contributed by atoms with Crippen LogP contribution in [0, 0.1) is 0 Å². The van der Waals surface area contributed by atoms with Gasteiger partial charge < -0.3 is 9.73 Å². The van der Waals surface area contributed by atoms with E-state index in [0.29, 0.717) is 12.1 Å². The van der Waals surface area contributed by atoms with Gasteiger partial charge in [0.1, 0.15) is 5.76 Å². The molecule has 2 rings (SSSR count). The first kappa shape index (κ1) is 12.7. The van der Waals surface area contributed by atoms with Crippen LogP contribution < -0.4 is 5.32 Å². The predicted molar refractivity (Wildman–Crippen MR) is 70.1 cm³/mol. The lowest BCUT2D eigenvalue weighted by atomic mass is 10.0. The van der Waals surface area contributed by atoms with E-state index in [1.807, 2.05) is 6.07 Å². The molecule has 3 heteroatoms. The Kier molecular flexibility index (Phi) is 4.63. The Labute approximate surface area is 104 Å². The smallest absolute Gasteiger partial charge is 0.105 e. The van der Waals surface area contributed by atoms with Crippen LogP contribution in [0.2, 0.25) is 0 Å². The number of likely N-dealkylation sites (N-methyl/N-ethyl adjacent to an activating group) is 1. The maximum Gasteiger partial charge on any atom is 0.105 e. The summed E-state index contributed by atoms with van der Waals surface area (Å²) in [5, 5.41) is 3.56. The molecule has 17 heavy (non-hydrogen) atoms. The monoisotopic (exact) mass is 236 g/mol. The van der Waals surface area contributed by atoms with Crippen molar-refractivity contribution in [2.24, 2.45) is 0 Å². The second-order valence-corrected chi connectivity index (χ2v) is 5.02. The highest BCUT2D eigenvalue weighted by Crippen LogP contribution is 2.16. The Morgan fingerprint density at radius 1 is 1.59 bits per heavy atom. The molecule has 3 nitrogen and oxygen atoms in total. The predicted octanol–water partition coefficient (Wildman–Crippen LogP) is 2.28. The molecule has 0 bridgehead atoms. The van der Waals surface area contributed by atoms with Crippen molar-refractivity contribution < 1.29 is 4.42 Å². The maximum absolute atomic E-state index is 5.43. The van der Waals surface area contributed by atoms with E-state index >= 15 is 0 Å². The van der Waals surface area contributed by atoms with Crippen molar-refractivity contribution in [3.05, 3.63) is 24.2 Å². The van der Waals surface area contributed by atoms with Crippen molar-refractivity contribution in [1.29, 1.82) is 0 Å². The third-order valence-electron chi connectivity index (χ3n) is 3.65. The number of likely N-dealkylation sites (tertiary alicyclic amines) is 1. The topological polar surface area (TPSA) is 28.4 Å². The summed E-state index contributed by atoms with van der Waals surface area (Å²) in [5.41, 5.74) is 0. The molecule has 0 radical (unpaired) electrons. The Morgan fingerprint density at radius 3 is 3.18 bits per heavy atom. The number of hydrogen-bond acceptors (Lipinski definition) is 3. The third kappa shape index (κ3) is 3.58.